The SMILES string of the molecule is COCCC1CCCCN(C(=O)NCCCC(=O)O)C1. The molecule has 0 spiro atoms. The van der Waals surface area contributed by atoms with E-state index in [9.17, 15) is 9.59 Å². The summed E-state index contributed by atoms with van der Waals surface area (Å²) in [7, 11) is 1.70. The van der Waals surface area contributed by atoms with Gasteiger partial charge in [0.25, 0.3) is 0 Å². The molecule has 1 fully saturated rings. The number of carbonyl (C=O) groups is 2. The smallest absolute Gasteiger partial charge is 0.317 e. The Morgan fingerprint density at radius 2 is 2.20 bits per heavy atom. The van der Waals surface area contributed by atoms with Crippen LogP contribution in [0.2, 0.25) is 0 Å². The number of ether oxygens (including phenoxy) is 1. The van der Waals surface area contributed by atoms with Gasteiger partial charge in [0.1, 0.15) is 0 Å². The molecule has 0 radical (unpaired) electrons. The Kier molecular flexibility index (Phi) is 8.02. The molecule has 2 amide bonds. The fourth-order valence-electron chi connectivity index (χ4n) is 2.48. The molecular weight excluding hydrogens is 260 g/mol. The monoisotopic (exact) mass is 286 g/mol. The van der Waals surface area contributed by atoms with Crippen molar-refractivity contribution in [2.75, 3.05) is 33.4 Å². The number of carbonyl (C=O) groups excluding carboxylic acids is 1. The summed E-state index contributed by atoms with van der Waals surface area (Å²) in [4.78, 5) is 24.3. The second-order valence-electron chi connectivity index (χ2n) is 5.32. The van der Waals surface area contributed by atoms with Gasteiger partial charge in [0, 0.05) is 39.8 Å². The first kappa shape index (κ1) is 16.8. The van der Waals surface area contributed by atoms with Crippen LogP contribution in [0.25, 0.3) is 0 Å². The first-order valence-corrected chi connectivity index (χ1v) is 7.37. The molecule has 6 heteroatoms. The van der Waals surface area contributed by atoms with Crippen molar-refractivity contribution in [3.63, 3.8) is 0 Å². The molecule has 1 atom stereocenters. The standard InChI is InChI=1S/C14H26N2O4/c1-20-10-7-12-5-2-3-9-16(11-12)14(19)15-8-4-6-13(17)18/h12H,2-11H2,1H3,(H,15,19)(H,17,18). The summed E-state index contributed by atoms with van der Waals surface area (Å²) in [6, 6.07) is -0.0697. The number of likely N-dealkylation sites (tertiary alicyclic amines) is 1. The molecule has 20 heavy (non-hydrogen) atoms. The Morgan fingerprint density at radius 3 is 2.90 bits per heavy atom. The van der Waals surface area contributed by atoms with Crippen LogP contribution in [0.4, 0.5) is 4.79 Å². The van der Waals surface area contributed by atoms with Gasteiger partial charge in [-0.1, -0.05) is 6.42 Å². The van der Waals surface area contributed by atoms with Crippen LogP contribution < -0.4 is 5.32 Å². The molecule has 2 N–H and O–H groups in total. The second-order valence-corrected chi connectivity index (χ2v) is 5.32. The summed E-state index contributed by atoms with van der Waals surface area (Å²) in [6.45, 7) is 2.71. The minimum Gasteiger partial charge on any atom is -0.481 e. The molecule has 0 aromatic rings. The fraction of sp³-hybridized carbons (Fsp3) is 0.857. The average molecular weight is 286 g/mol. The number of amides is 2. The number of rotatable bonds is 7. The Balaban J connectivity index is 2.31. The van der Waals surface area contributed by atoms with Gasteiger partial charge in [-0.05, 0) is 31.6 Å². The number of nitrogens with one attached hydrogen (secondary N) is 1. The van der Waals surface area contributed by atoms with E-state index in [0.29, 0.717) is 18.9 Å². The van der Waals surface area contributed by atoms with E-state index < -0.39 is 5.97 Å². The van der Waals surface area contributed by atoms with Gasteiger partial charge in [-0.2, -0.15) is 0 Å². The summed E-state index contributed by atoms with van der Waals surface area (Å²) in [6.07, 6.45) is 4.88. The van der Waals surface area contributed by atoms with Crippen LogP contribution in [0.5, 0.6) is 0 Å². The fourth-order valence-corrected chi connectivity index (χ4v) is 2.48. The van der Waals surface area contributed by atoms with E-state index in [1.807, 2.05) is 4.90 Å². The lowest BCUT2D eigenvalue weighted by Crippen LogP contribution is -2.42. The number of hydrogen-bond acceptors (Lipinski definition) is 3. The zero-order valence-corrected chi connectivity index (χ0v) is 12.3. The molecule has 1 unspecified atom stereocenters. The molecule has 0 saturated carbocycles. The predicted octanol–water partition coefficient (Wildman–Crippen LogP) is 1.70. The number of nitrogens with zero attached hydrogens (tertiary/aromatic N) is 1. The van der Waals surface area contributed by atoms with Crippen molar-refractivity contribution >= 4 is 12.0 Å². The van der Waals surface area contributed by atoms with Crippen molar-refractivity contribution in [1.29, 1.82) is 0 Å². The van der Waals surface area contributed by atoms with Gasteiger partial charge in [-0.3, -0.25) is 4.79 Å². The Bertz CT molecular complexity index is 310. The van der Waals surface area contributed by atoms with E-state index in [1.165, 1.54) is 0 Å². The number of hydrogen-bond donors (Lipinski definition) is 2. The van der Waals surface area contributed by atoms with Crippen LogP contribution in [0.3, 0.4) is 0 Å². The number of aliphatic carboxylic acids is 1. The highest BCUT2D eigenvalue weighted by Crippen LogP contribution is 2.19. The maximum Gasteiger partial charge on any atom is 0.317 e. The van der Waals surface area contributed by atoms with Gasteiger partial charge >= 0.3 is 12.0 Å². The Hall–Kier alpha value is -1.30. The van der Waals surface area contributed by atoms with E-state index in [0.717, 1.165) is 45.4 Å². The third kappa shape index (κ3) is 6.75. The number of methoxy groups -OCH3 is 1. The summed E-state index contributed by atoms with van der Waals surface area (Å²) >= 11 is 0. The lowest BCUT2D eigenvalue weighted by molar-refractivity contribution is -0.137. The number of carboxylic acids is 1. The molecule has 0 bridgehead atoms. The molecule has 1 saturated heterocycles. The van der Waals surface area contributed by atoms with Crippen molar-refractivity contribution in [2.24, 2.45) is 5.92 Å². The first-order chi connectivity index (χ1) is 9.63. The zero-order valence-electron chi connectivity index (χ0n) is 12.3. The number of urea groups is 1. The molecule has 0 aromatic carbocycles. The minimum atomic E-state index is -0.825. The molecule has 1 heterocycles. The molecule has 6 nitrogen and oxygen atoms in total. The van der Waals surface area contributed by atoms with E-state index in [-0.39, 0.29) is 12.5 Å². The zero-order chi connectivity index (χ0) is 14.8. The van der Waals surface area contributed by atoms with Crippen LogP contribution in [0.15, 0.2) is 0 Å². The van der Waals surface area contributed by atoms with E-state index in [4.69, 9.17) is 9.84 Å². The normalized spacial score (nSPS) is 19.4. The summed E-state index contributed by atoms with van der Waals surface area (Å²) in [5.74, 6) is -0.323. The van der Waals surface area contributed by atoms with Crippen molar-refractivity contribution in [3.8, 4) is 0 Å². The van der Waals surface area contributed by atoms with Crippen LogP contribution in [-0.4, -0.2) is 55.4 Å². The predicted molar refractivity (Wildman–Crippen MR) is 75.7 cm³/mol. The largest absolute Gasteiger partial charge is 0.481 e. The highest BCUT2D eigenvalue weighted by atomic mass is 16.5. The lowest BCUT2D eigenvalue weighted by Gasteiger charge is -2.24. The van der Waals surface area contributed by atoms with Crippen molar-refractivity contribution in [1.82, 2.24) is 10.2 Å². The molecule has 0 aliphatic carbocycles. The third-order valence-electron chi connectivity index (χ3n) is 3.63. The Labute approximate surface area is 120 Å². The van der Waals surface area contributed by atoms with Crippen molar-refractivity contribution in [2.45, 2.75) is 38.5 Å². The van der Waals surface area contributed by atoms with Gasteiger partial charge in [0.15, 0.2) is 0 Å². The molecule has 1 aliphatic rings. The molecule has 1 rings (SSSR count). The van der Waals surface area contributed by atoms with Crippen molar-refractivity contribution in [3.05, 3.63) is 0 Å². The molecular formula is C14H26N2O4. The second kappa shape index (κ2) is 9.58. The van der Waals surface area contributed by atoms with Gasteiger partial charge in [-0.15, -0.1) is 0 Å². The van der Waals surface area contributed by atoms with Crippen LogP contribution >= 0.6 is 0 Å². The summed E-state index contributed by atoms with van der Waals surface area (Å²) in [5, 5.41) is 11.4. The van der Waals surface area contributed by atoms with Gasteiger partial charge in [0.2, 0.25) is 0 Å². The quantitative estimate of drug-likeness (QED) is 0.698. The molecule has 116 valence electrons. The van der Waals surface area contributed by atoms with Crippen molar-refractivity contribution < 1.29 is 19.4 Å². The maximum absolute atomic E-state index is 12.1. The highest BCUT2D eigenvalue weighted by Gasteiger charge is 2.21. The van der Waals surface area contributed by atoms with Gasteiger partial charge in [0.05, 0.1) is 0 Å². The van der Waals surface area contributed by atoms with E-state index in [2.05, 4.69) is 5.32 Å². The molecule has 1 aliphatic heterocycles. The van der Waals surface area contributed by atoms with Gasteiger partial charge in [-0.25, -0.2) is 4.79 Å². The van der Waals surface area contributed by atoms with Crippen LogP contribution in [0, 0.1) is 5.92 Å². The summed E-state index contributed by atoms with van der Waals surface area (Å²) < 4.78 is 5.11. The minimum absolute atomic E-state index is 0.0697. The van der Waals surface area contributed by atoms with Gasteiger partial charge < -0.3 is 20.1 Å². The Morgan fingerprint density at radius 1 is 1.40 bits per heavy atom. The van der Waals surface area contributed by atoms with E-state index in [1.54, 1.807) is 7.11 Å². The van der Waals surface area contributed by atoms with E-state index >= 15 is 0 Å². The summed E-state index contributed by atoms with van der Waals surface area (Å²) in [5.41, 5.74) is 0. The average Bonchev–Trinajstić information content (AvgIpc) is 2.66. The van der Waals surface area contributed by atoms with Crippen LogP contribution in [0.1, 0.15) is 38.5 Å². The first-order valence-electron chi connectivity index (χ1n) is 7.37. The van der Waals surface area contributed by atoms with Crippen LogP contribution in [-0.2, 0) is 9.53 Å². The number of carboxylic acid groups (broad SMARTS) is 1. The highest BCUT2D eigenvalue weighted by molar-refractivity contribution is 5.74. The third-order valence-corrected chi connectivity index (χ3v) is 3.63. The lowest BCUT2D eigenvalue weighted by atomic mass is 10.0. The maximum atomic E-state index is 12.1. The molecule has 0 aromatic heterocycles. The topological polar surface area (TPSA) is 78.9 Å².